The largest absolute Gasteiger partial charge is 0.508 e. The van der Waals surface area contributed by atoms with Gasteiger partial charge in [0.25, 0.3) is 0 Å². The van der Waals surface area contributed by atoms with E-state index in [2.05, 4.69) is 64.9 Å². The van der Waals surface area contributed by atoms with Crippen molar-refractivity contribution in [3.05, 3.63) is 126 Å². The van der Waals surface area contributed by atoms with Crippen LogP contribution in [0.1, 0.15) is 78.0 Å². The van der Waals surface area contributed by atoms with Gasteiger partial charge in [0.15, 0.2) is 5.65 Å². The molecule has 0 radical (unpaired) electrons. The molecule has 450 valence electrons. The fourth-order valence-electron chi connectivity index (χ4n) is 8.82. The summed E-state index contributed by atoms with van der Waals surface area (Å²) in [5.74, 6) is -6.84. The summed E-state index contributed by atoms with van der Waals surface area (Å²) in [6.45, 7) is 4.73. The third-order valence-corrected chi connectivity index (χ3v) is 13.8. The number of nitrogens with two attached hydrogens (primary N) is 2. The van der Waals surface area contributed by atoms with Gasteiger partial charge < -0.3 is 64.0 Å². The number of hydrogen-bond donors (Lipinski definition) is 13. The van der Waals surface area contributed by atoms with Crippen molar-refractivity contribution in [2.24, 2.45) is 11.7 Å². The zero-order valence-electron chi connectivity index (χ0n) is 45.5. The molecule has 7 amide bonds. The number of aromatic hydroxyl groups is 2. The van der Waals surface area contributed by atoms with Crippen molar-refractivity contribution in [1.82, 2.24) is 51.6 Å². The first-order valence-corrected chi connectivity index (χ1v) is 27.2. The van der Waals surface area contributed by atoms with E-state index in [4.69, 9.17) is 11.5 Å². The van der Waals surface area contributed by atoms with E-state index < -0.39 is 89.5 Å². The number of phenols is 2. The molecule has 0 saturated carbocycles. The van der Waals surface area contributed by atoms with Gasteiger partial charge in [0.1, 0.15) is 72.1 Å². The average Bonchev–Trinajstić information content (AvgIpc) is 2.26. The lowest BCUT2D eigenvalue weighted by Crippen LogP contribution is -2.61. The van der Waals surface area contributed by atoms with E-state index >= 15 is 0 Å². The molecule has 2 aromatic heterocycles. The Morgan fingerprint density at radius 3 is 1.65 bits per heavy atom. The third-order valence-electron chi connectivity index (χ3n) is 13.5. The molecule has 84 heavy (non-hydrogen) atoms. The maximum absolute atomic E-state index is 14.7. The van der Waals surface area contributed by atoms with Crippen molar-refractivity contribution in [2.45, 2.75) is 123 Å². The van der Waals surface area contributed by atoms with Crippen LogP contribution in [0.2, 0.25) is 0 Å². The van der Waals surface area contributed by atoms with Gasteiger partial charge in [0.05, 0.1) is 5.39 Å². The van der Waals surface area contributed by atoms with Gasteiger partial charge in [-0.15, -0.1) is 0 Å². The fourth-order valence-corrected chi connectivity index (χ4v) is 9.08. The van der Waals surface area contributed by atoms with E-state index in [9.17, 15) is 53.7 Å². The lowest BCUT2D eigenvalue weighted by molar-refractivity contribution is -0.142. The molecule has 0 aliphatic heterocycles. The second-order valence-electron chi connectivity index (χ2n) is 19.7. The predicted molar refractivity (Wildman–Crippen MR) is 322 cm³/mol. The van der Waals surface area contributed by atoms with Crippen LogP contribution in [0.15, 0.2) is 109 Å². The SMILES string of the molecule is C.C.CCC(C)C(NC(=O)C(CS)NC(C)=O)C(=O)NC(Cc1ccc(O)cc1)C(=O)NC(CCCCN)C(=O)NC(Cc1ccc(NC(=O)Cn2nc(-c3ccccc3)c3c(N)ncnc32)cc1)C(=O)NC(Cc1ccc(O)cc1)C(=O)O. The first-order chi connectivity index (χ1) is 39.3. The summed E-state index contributed by atoms with van der Waals surface area (Å²) < 4.78 is 1.42. The Bertz CT molecular complexity index is 3190. The number of rotatable bonds is 29. The van der Waals surface area contributed by atoms with Crippen LogP contribution in [0.4, 0.5) is 11.5 Å². The summed E-state index contributed by atoms with van der Waals surface area (Å²) in [6, 6.07) is 19.2. The van der Waals surface area contributed by atoms with E-state index in [0.717, 1.165) is 5.56 Å². The van der Waals surface area contributed by atoms with E-state index in [1.807, 2.05) is 30.3 Å². The van der Waals surface area contributed by atoms with Crippen molar-refractivity contribution >= 4 is 82.5 Å². The Balaban J connectivity index is 0.00000757. The number of carboxylic acids is 1. The molecule has 25 heteroatoms. The van der Waals surface area contributed by atoms with Gasteiger partial charge in [-0.05, 0) is 84.8 Å². The van der Waals surface area contributed by atoms with Gasteiger partial charge in [0, 0.05) is 43.2 Å². The zero-order chi connectivity index (χ0) is 59.5. The van der Waals surface area contributed by atoms with Gasteiger partial charge >= 0.3 is 5.97 Å². The Morgan fingerprint density at radius 1 is 0.631 bits per heavy atom. The van der Waals surface area contributed by atoms with Gasteiger partial charge in [-0.3, -0.25) is 33.6 Å². The molecule has 0 saturated heterocycles. The number of amides is 7. The van der Waals surface area contributed by atoms with Crippen molar-refractivity contribution < 1.29 is 53.7 Å². The molecule has 0 spiro atoms. The second-order valence-corrected chi connectivity index (χ2v) is 20.1. The maximum Gasteiger partial charge on any atom is 0.326 e. The standard InChI is InChI=1S/C57H69N13O11S.2CH4/c1-4-32(2)48(68-55(78)45(30-82)62-33(3)71)56(79)66-43(27-35-15-21-39(72)22-16-35)53(76)64-41(12-8-9-25-58)52(75)65-42(54(77)67-44(57(80)81)28-36-17-23-40(73)24-18-36)26-34-13-19-38(20-14-34)63-46(74)29-70-51-47(50(59)60-31-61-51)49(69-70)37-10-6-5-7-11-37;;/h5-7,10-11,13-24,31-32,41-45,48,72-73,82H,4,8-9,12,25-30,58H2,1-3H3,(H,62,71)(H,63,74)(H,64,76)(H,65,75)(H,66,79)(H,67,77)(H,68,78)(H,80,81)(H2,59,60,61);2*1H4. The number of thiol groups is 1. The highest BCUT2D eigenvalue weighted by Gasteiger charge is 2.35. The van der Waals surface area contributed by atoms with E-state index in [-0.39, 0.29) is 76.7 Å². The van der Waals surface area contributed by atoms with Gasteiger partial charge in [0.2, 0.25) is 41.4 Å². The Hall–Kier alpha value is -9.10. The number of carbonyl (C=O) groups is 8. The summed E-state index contributed by atoms with van der Waals surface area (Å²) >= 11 is 4.19. The Morgan fingerprint density at radius 2 is 1.13 bits per heavy atom. The van der Waals surface area contributed by atoms with Gasteiger partial charge in [-0.1, -0.05) is 102 Å². The van der Waals surface area contributed by atoms with Crippen LogP contribution in [0.25, 0.3) is 22.3 Å². The Labute approximate surface area is 493 Å². The number of benzene rings is 4. The quantitative estimate of drug-likeness (QED) is 0.0236. The minimum absolute atomic E-state index is 0. The predicted octanol–water partition coefficient (Wildman–Crippen LogP) is 3.54. The minimum Gasteiger partial charge on any atom is -0.508 e. The average molecular weight is 1180 g/mol. The lowest BCUT2D eigenvalue weighted by atomic mass is 9.96. The van der Waals surface area contributed by atoms with E-state index in [1.165, 1.54) is 54.3 Å². The molecule has 6 rings (SSSR count). The number of unbranched alkanes of at least 4 members (excludes halogenated alkanes) is 1. The molecule has 0 aliphatic carbocycles. The molecule has 0 bridgehead atoms. The van der Waals surface area contributed by atoms with Crippen molar-refractivity contribution in [3.63, 3.8) is 0 Å². The number of anilines is 2. The van der Waals surface area contributed by atoms with Crippen LogP contribution in [-0.4, -0.2) is 131 Å². The number of aliphatic carboxylic acids is 1. The summed E-state index contributed by atoms with van der Waals surface area (Å²) in [7, 11) is 0. The zero-order valence-corrected chi connectivity index (χ0v) is 46.4. The number of fused-ring (bicyclic) bond motifs is 1. The van der Waals surface area contributed by atoms with Gasteiger partial charge in [-0.25, -0.2) is 19.4 Å². The second kappa shape index (κ2) is 32.5. The van der Waals surface area contributed by atoms with Crippen molar-refractivity contribution in [3.8, 4) is 22.8 Å². The number of phenolic OH excluding ortho intramolecular Hbond substituents is 2. The maximum atomic E-state index is 14.7. The summed E-state index contributed by atoms with van der Waals surface area (Å²) in [5.41, 5.74) is 15.5. The van der Waals surface area contributed by atoms with Crippen molar-refractivity contribution in [1.29, 1.82) is 0 Å². The molecular formula is C59H77N13O11S. The number of nitrogens with one attached hydrogen (secondary N) is 7. The lowest BCUT2D eigenvalue weighted by Gasteiger charge is -2.29. The molecule has 6 aromatic rings. The number of nitrogens with zero attached hydrogens (tertiary/aromatic N) is 4. The number of carbonyl (C=O) groups excluding carboxylic acids is 7. The summed E-state index contributed by atoms with van der Waals surface area (Å²) in [5, 5.41) is 54.0. The molecule has 4 aromatic carbocycles. The highest BCUT2D eigenvalue weighted by Crippen LogP contribution is 2.30. The summed E-state index contributed by atoms with van der Waals surface area (Å²) in [4.78, 5) is 118. The first-order valence-electron chi connectivity index (χ1n) is 26.6. The molecule has 7 unspecified atom stereocenters. The smallest absolute Gasteiger partial charge is 0.326 e. The van der Waals surface area contributed by atoms with E-state index in [1.54, 1.807) is 50.2 Å². The number of nitrogen functional groups attached to an aromatic ring is 1. The van der Waals surface area contributed by atoms with Crippen LogP contribution < -0.4 is 48.7 Å². The molecule has 0 fully saturated rings. The number of aromatic nitrogens is 4. The molecule has 0 aliphatic rings. The normalized spacial score (nSPS) is 13.3. The highest BCUT2D eigenvalue weighted by molar-refractivity contribution is 7.80. The topological polar surface area (TPSA) is 377 Å². The molecule has 2 heterocycles. The highest BCUT2D eigenvalue weighted by atomic mass is 32.1. The molecule has 24 nitrogen and oxygen atoms in total. The van der Waals surface area contributed by atoms with Crippen LogP contribution in [0, 0.1) is 5.92 Å². The van der Waals surface area contributed by atoms with Crippen LogP contribution in [0.3, 0.4) is 0 Å². The third kappa shape index (κ3) is 19.3. The first kappa shape index (κ1) is 67.4. The molecule has 7 atom stereocenters. The van der Waals surface area contributed by atoms with Crippen molar-refractivity contribution in [2.75, 3.05) is 23.3 Å². The van der Waals surface area contributed by atoms with E-state index in [0.29, 0.717) is 58.4 Å². The molecule has 14 N–H and O–H groups in total. The number of carboxylic acid groups (broad SMARTS) is 1. The van der Waals surface area contributed by atoms with Crippen LogP contribution >= 0.6 is 12.6 Å². The minimum atomic E-state index is -1.50. The van der Waals surface area contributed by atoms with Crippen LogP contribution in [-0.2, 0) is 64.2 Å². The molecular weight excluding hydrogens is 1100 g/mol. The fraction of sp³-hybridized carbons (Fsp3) is 0.373. The van der Waals surface area contributed by atoms with Crippen LogP contribution in [0.5, 0.6) is 11.5 Å². The number of hydrogen-bond acceptors (Lipinski definition) is 16. The summed E-state index contributed by atoms with van der Waals surface area (Å²) in [6.07, 6.45) is 1.86. The monoisotopic (exact) mass is 1180 g/mol. The van der Waals surface area contributed by atoms with Gasteiger partial charge in [-0.2, -0.15) is 17.7 Å². The Kier molecular flexibility index (Phi) is 26.1.